The molecule has 1 aromatic heterocycles. The Morgan fingerprint density at radius 3 is 2.79 bits per heavy atom. The molecule has 4 heteroatoms. The third-order valence-electron chi connectivity index (χ3n) is 5.06. The fourth-order valence-corrected chi connectivity index (χ4v) is 3.22. The Morgan fingerprint density at radius 2 is 2.08 bits per heavy atom. The number of hydrogen-bond acceptors (Lipinski definition) is 3. The molecule has 136 valence electrons. The highest BCUT2D eigenvalue weighted by Gasteiger charge is 2.17. The van der Waals surface area contributed by atoms with Gasteiger partial charge in [0.05, 0.1) is 19.3 Å². The van der Waals surface area contributed by atoms with Crippen LogP contribution < -0.4 is 5.73 Å². The second-order valence-corrected chi connectivity index (χ2v) is 7.44. The van der Waals surface area contributed by atoms with E-state index in [2.05, 4.69) is 35.9 Å². The Kier molecular flexibility index (Phi) is 7.53. The van der Waals surface area contributed by atoms with Crippen LogP contribution in [0.1, 0.15) is 63.3 Å². The van der Waals surface area contributed by atoms with Crippen molar-refractivity contribution in [3.8, 4) is 0 Å². The van der Waals surface area contributed by atoms with Crippen LogP contribution in [0, 0.1) is 0 Å². The van der Waals surface area contributed by atoms with E-state index in [-0.39, 0.29) is 6.61 Å². The zero-order valence-corrected chi connectivity index (χ0v) is 15.3. The average molecular weight is 335 g/mol. The Balaban J connectivity index is 1.74. The van der Waals surface area contributed by atoms with Crippen LogP contribution in [0.5, 0.6) is 0 Å². The summed E-state index contributed by atoms with van der Waals surface area (Å²) in [5.41, 5.74) is 7.95. The molecule has 0 bridgehead atoms. The Hall–Kier alpha value is -1.10. The van der Waals surface area contributed by atoms with Crippen molar-refractivity contribution < 1.29 is 9.84 Å². The number of aryl methyl sites for hydroxylation is 1. The van der Waals surface area contributed by atoms with E-state index >= 15 is 0 Å². The van der Waals surface area contributed by atoms with Gasteiger partial charge in [-0.1, -0.05) is 25.3 Å². The summed E-state index contributed by atoms with van der Waals surface area (Å²) in [7, 11) is 2.08. The molecule has 0 amide bonds. The highest BCUT2D eigenvalue weighted by Crippen LogP contribution is 2.20. The molecule has 2 rings (SSSR count). The van der Waals surface area contributed by atoms with Gasteiger partial charge in [0.15, 0.2) is 0 Å². The van der Waals surface area contributed by atoms with Gasteiger partial charge >= 0.3 is 0 Å². The molecule has 1 aromatic rings. The molecule has 1 heterocycles. The van der Waals surface area contributed by atoms with Crippen LogP contribution in [0.15, 0.2) is 18.2 Å². The van der Waals surface area contributed by atoms with Gasteiger partial charge in [0.25, 0.3) is 0 Å². The highest BCUT2D eigenvalue weighted by molar-refractivity contribution is 5.46. The molecular formula is C20H34N2O2. The van der Waals surface area contributed by atoms with Gasteiger partial charge < -0.3 is 20.1 Å². The van der Waals surface area contributed by atoms with E-state index in [0.29, 0.717) is 6.10 Å². The maximum Gasteiger partial charge on any atom is 0.0608 e. The summed E-state index contributed by atoms with van der Waals surface area (Å²) in [5, 5.41) is 9.25. The van der Waals surface area contributed by atoms with Crippen molar-refractivity contribution in [1.29, 1.82) is 0 Å². The standard InChI is InChI=1S/C20H34N2O2/c1-20(21,16-23)14-13-18-12-11-17(22(18)2)8-6-7-15-24-19-9-4-3-5-10-19/h6,8,11-12,19,23H,3-5,7,9-10,13-16,21H2,1-2H3/b8-6+. The molecule has 0 aromatic carbocycles. The molecule has 1 atom stereocenters. The number of aliphatic hydroxyl groups excluding tert-OH is 1. The fraction of sp³-hybridized carbons (Fsp3) is 0.700. The van der Waals surface area contributed by atoms with Gasteiger partial charge in [-0.05, 0) is 57.2 Å². The second kappa shape index (κ2) is 9.40. The van der Waals surface area contributed by atoms with E-state index in [9.17, 15) is 5.11 Å². The number of ether oxygens (including phenoxy) is 1. The second-order valence-electron chi connectivity index (χ2n) is 7.44. The van der Waals surface area contributed by atoms with E-state index in [0.717, 1.165) is 25.9 Å². The van der Waals surface area contributed by atoms with Gasteiger partial charge in [-0.25, -0.2) is 0 Å². The minimum atomic E-state index is -0.503. The molecule has 1 unspecified atom stereocenters. The first-order valence-electron chi connectivity index (χ1n) is 9.34. The average Bonchev–Trinajstić information content (AvgIpc) is 2.94. The molecule has 0 radical (unpaired) electrons. The molecule has 0 saturated heterocycles. The summed E-state index contributed by atoms with van der Waals surface area (Å²) >= 11 is 0. The van der Waals surface area contributed by atoms with E-state index < -0.39 is 5.54 Å². The monoisotopic (exact) mass is 334 g/mol. The van der Waals surface area contributed by atoms with Crippen LogP contribution in [0.25, 0.3) is 6.08 Å². The van der Waals surface area contributed by atoms with Crippen molar-refractivity contribution in [1.82, 2.24) is 4.57 Å². The topological polar surface area (TPSA) is 60.4 Å². The molecule has 4 nitrogen and oxygen atoms in total. The summed E-state index contributed by atoms with van der Waals surface area (Å²) in [4.78, 5) is 0. The lowest BCUT2D eigenvalue weighted by Gasteiger charge is -2.21. The van der Waals surface area contributed by atoms with Crippen LogP contribution in [0.4, 0.5) is 0 Å². The van der Waals surface area contributed by atoms with Gasteiger partial charge in [0, 0.05) is 24.0 Å². The predicted molar refractivity (Wildman–Crippen MR) is 99.9 cm³/mol. The summed E-state index contributed by atoms with van der Waals surface area (Å²) in [6.45, 7) is 2.73. The third kappa shape index (κ3) is 6.08. The van der Waals surface area contributed by atoms with Gasteiger partial charge in [-0.15, -0.1) is 0 Å². The third-order valence-corrected chi connectivity index (χ3v) is 5.06. The van der Waals surface area contributed by atoms with Gasteiger partial charge in [-0.2, -0.15) is 0 Å². The Bertz CT molecular complexity index is 514. The molecule has 0 spiro atoms. The molecule has 3 N–H and O–H groups in total. The largest absolute Gasteiger partial charge is 0.394 e. The van der Waals surface area contributed by atoms with Gasteiger partial charge in [0.2, 0.25) is 0 Å². The molecule has 0 aliphatic heterocycles. The van der Waals surface area contributed by atoms with Crippen molar-refractivity contribution in [3.05, 3.63) is 29.6 Å². The first-order valence-corrected chi connectivity index (χ1v) is 9.34. The normalized spacial score (nSPS) is 19.0. The minimum Gasteiger partial charge on any atom is -0.394 e. The fourth-order valence-electron chi connectivity index (χ4n) is 3.22. The van der Waals surface area contributed by atoms with Crippen LogP contribution in [-0.4, -0.2) is 34.5 Å². The summed E-state index contributed by atoms with van der Waals surface area (Å²) in [5.74, 6) is 0. The van der Waals surface area contributed by atoms with Crippen molar-refractivity contribution in [2.45, 2.75) is 69.9 Å². The van der Waals surface area contributed by atoms with E-state index in [1.54, 1.807) is 0 Å². The van der Waals surface area contributed by atoms with Crippen LogP contribution in [0.2, 0.25) is 0 Å². The zero-order chi connectivity index (χ0) is 17.4. The smallest absolute Gasteiger partial charge is 0.0608 e. The number of nitrogens with two attached hydrogens (primary N) is 1. The number of nitrogens with zero attached hydrogens (tertiary/aromatic N) is 1. The van der Waals surface area contributed by atoms with Gasteiger partial charge in [0.1, 0.15) is 0 Å². The quantitative estimate of drug-likeness (QED) is 0.680. The number of aromatic nitrogens is 1. The molecule has 24 heavy (non-hydrogen) atoms. The van der Waals surface area contributed by atoms with Crippen molar-refractivity contribution in [2.75, 3.05) is 13.2 Å². The Morgan fingerprint density at radius 1 is 1.33 bits per heavy atom. The lowest BCUT2D eigenvalue weighted by atomic mass is 9.97. The number of hydrogen-bond donors (Lipinski definition) is 2. The maximum atomic E-state index is 9.25. The SMILES string of the molecule is Cn1c(/C=C/CCOC2CCCCC2)ccc1CCC(C)(N)CO. The lowest BCUT2D eigenvalue weighted by Crippen LogP contribution is -2.40. The van der Waals surface area contributed by atoms with Crippen molar-refractivity contribution >= 4 is 6.08 Å². The minimum absolute atomic E-state index is 0.0190. The van der Waals surface area contributed by atoms with E-state index in [4.69, 9.17) is 10.5 Å². The van der Waals surface area contributed by atoms with Crippen LogP contribution in [-0.2, 0) is 18.2 Å². The first-order chi connectivity index (χ1) is 11.5. The summed E-state index contributed by atoms with van der Waals surface area (Å²) in [6.07, 6.45) is 14.0. The maximum absolute atomic E-state index is 9.25. The zero-order valence-electron chi connectivity index (χ0n) is 15.3. The first kappa shape index (κ1) is 19.2. The number of rotatable bonds is 9. The molecule has 1 fully saturated rings. The summed E-state index contributed by atoms with van der Waals surface area (Å²) in [6, 6.07) is 4.28. The van der Waals surface area contributed by atoms with Crippen molar-refractivity contribution in [2.24, 2.45) is 12.8 Å². The van der Waals surface area contributed by atoms with Crippen LogP contribution >= 0.6 is 0 Å². The highest BCUT2D eigenvalue weighted by atomic mass is 16.5. The molecule has 1 aliphatic carbocycles. The predicted octanol–water partition coefficient (Wildman–Crippen LogP) is 3.42. The van der Waals surface area contributed by atoms with Gasteiger partial charge in [-0.3, -0.25) is 0 Å². The Labute approximate surface area is 146 Å². The van der Waals surface area contributed by atoms with Crippen LogP contribution in [0.3, 0.4) is 0 Å². The number of aliphatic hydroxyl groups is 1. The van der Waals surface area contributed by atoms with Crippen molar-refractivity contribution in [3.63, 3.8) is 0 Å². The molecular weight excluding hydrogens is 300 g/mol. The summed E-state index contributed by atoms with van der Waals surface area (Å²) < 4.78 is 8.15. The van der Waals surface area contributed by atoms with E-state index in [1.165, 1.54) is 43.5 Å². The molecule has 1 aliphatic rings. The molecule has 1 saturated carbocycles. The van der Waals surface area contributed by atoms with E-state index in [1.807, 2.05) is 6.92 Å². The lowest BCUT2D eigenvalue weighted by molar-refractivity contribution is 0.0313.